The standard InChI is InChI=1S/C11H10O5/c1-2-7-15-16-11(14)9-6-4-3-5-8(9)10(12)13/h2-6H,1,7H2,(H,12,13). The highest BCUT2D eigenvalue weighted by Crippen LogP contribution is 2.10. The lowest BCUT2D eigenvalue weighted by atomic mass is 10.1. The average molecular weight is 222 g/mol. The minimum Gasteiger partial charge on any atom is -0.478 e. The van der Waals surface area contributed by atoms with Gasteiger partial charge in [0.25, 0.3) is 0 Å². The minimum atomic E-state index is -1.20. The third kappa shape index (κ3) is 2.93. The van der Waals surface area contributed by atoms with Gasteiger partial charge < -0.3 is 5.11 Å². The van der Waals surface area contributed by atoms with E-state index >= 15 is 0 Å². The van der Waals surface area contributed by atoms with Gasteiger partial charge in [-0.2, -0.15) is 4.89 Å². The van der Waals surface area contributed by atoms with E-state index in [9.17, 15) is 9.59 Å². The molecule has 1 rings (SSSR count). The molecule has 0 heterocycles. The summed E-state index contributed by atoms with van der Waals surface area (Å²) in [5, 5.41) is 8.82. The summed E-state index contributed by atoms with van der Waals surface area (Å²) in [5.41, 5.74) is -0.186. The van der Waals surface area contributed by atoms with Gasteiger partial charge in [0.1, 0.15) is 6.61 Å². The fourth-order valence-corrected chi connectivity index (χ4v) is 1.03. The van der Waals surface area contributed by atoms with Crippen molar-refractivity contribution in [3.05, 3.63) is 48.0 Å². The molecule has 0 radical (unpaired) electrons. The van der Waals surface area contributed by atoms with E-state index < -0.39 is 11.9 Å². The van der Waals surface area contributed by atoms with Gasteiger partial charge in [-0.3, -0.25) is 4.89 Å². The molecule has 84 valence electrons. The molecule has 5 nitrogen and oxygen atoms in total. The summed E-state index contributed by atoms with van der Waals surface area (Å²) in [5.74, 6) is -2.05. The monoisotopic (exact) mass is 222 g/mol. The zero-order valence-electron chi connectivity index (χ0n) is 8.38. The first-order valence-corrected chi connectivity index (χ1v) is 4.44. The van der Waals surface area contributed by atoms with Crippen LogP contribution in [0.1, 0.15) is 20.7 Å². The molecule has 0 atom stereocenters. The van der Waals surface area contributed by atoms with Crippen molar-refractivity contribution in [2.45, 2.75) is 0 Å². The molecule has 0 unspecified atom stereocenters. The quantitative estimate of drug-likeness (QED) is 0.355. The molecule has 0 aliphatic carbocycles. The van der Waals surface area contributed by atoms with Crippen LogP contribution in [0, 0.1) is 0 Å². The molecule has 1 aromatic carbocycles. The van der Waals surface area contributed by atoms with Crippen LogP contribution in [0.4, 0.5) is 0 Å². The second kappa shape index (κ2) is 5.67. The van der Waals surface area contributed by atoms with E-state index in [1.807, 2.05) is 0 Å². The Balaban J connectivity index is 2.82. The molecule has 0 aliphatic rings. The summed E-state index contributed by atoms with van der Waals surface area (Å²) in [6.45, 7) is 3.41. The summed E-state index contributed by atoms with van der Waals surface area (Å²) in [6.07, 6.45) is 1.40. The van der Waals surface area contributed by atoms with E-state index in [0.29, 0.717) is 0 Å². The first kappa shape index (κ1) is 11.9. The summed E-state index contributed by atoms with van der Waals surface area (Å²) in [6, 6.07) is 5.72. The SMILES string of the molecule is C=CCOOC(=O)c1ccccc1C(=O)O. The van der Waals surface area contributed by atoms with Crippen LogP contribution < -0.4 is 0 Å². The summed E-state index contributed by atoms with van der Waals surface area (Å²) < 4.78 is 0. The van der Waals surface area contributed by atoms with Crippen LogP contribution in [0.2, 0.25) is 0 Å². The number of carboxylic acids is 1. The normalized spacial score (nSPS) is 9.50. The lowest BCUT2D eigenvalue weighted by Crippen LogP contribution is -2.11. The zero-order chi connectivity index (χ0) is 12.0. The van der Waals surface area contributed by atoms with Crippen molar-refractivity contribution in [3.63, 3.8) is 0 Å². The van der Waals surface area contributed by atoms with E-state index in [1.54, 1.807) is 0 Å². The molecule has 0 fully saturated rings. The third-order valence-electron chi connectivity index (χ3n) is 1.70. The lowest BCUT2D eigenvalue weighted by Gasteiger charge is -2.04. The van der Waals surface area contributed by atoms with E-state index in [4.69, 9.17) is 5.11 Å². The number of hydrogen-bond acceptors (Lipinski definition) is 4. The van der Waals surface area contributed by atoms with Crippen molar-refractivity contribution in [3.8, 4) is 0 Å². The molecule has 0 aliphatic heterocycles. The maximum absolute atomic E-state index is 11.4. The fraction of sp³-hybridized carbons (Fsp3) is 0.0909. The van der Waals surface area contributed by atoms with Crippen LogP contribution >= 0.6 is 0 Å². The van der Waals surface area contributed by atoms with E-state index in [-0.39, 0.29) is 17.7 Å². The Kier molecular flexibility index (Phi) is 4.23. The predicted molar refractivity (Wildman–Crippen MR) is 55.0 cm³/mol. The molecular weight excluding hydrogens is 212 g/mol. The molecule has 0 spiro atoms. The van der Waals surface area contributed by atoms with Crippen molar-refractivity contribution in [2.75, 3.05) is 6.61 Å². The minimum absolute atomic E-state index is 0.0426. The number of aromatic carboxylic acids is 1. The van der Waals surface area contributed by atoms with Crippen molar-refractivity contribution in [1.82, 2.24) is 0 Å². The molecule has 16 heavy (non-hydrogen) atoms. The molecule has 0 amide bonds. The largest absolute Gasteiger partial charge is 0.478 e. The van der Waals surface area contributed by atoms with Crippen LogP contribution in [-0.2, 0) is 9.78 Å². The molecule has 1 aromatic rings. The van der Waals surface area contributed by atoms with Crippen LogP contribution in [0.5, 0.6) is 0 Å². The maximum atomic E-state index is 11.4. The summed E-state index contributed by atoms with van der Waals surface area (Å²) in [4.78, 5) is 31.1. The second-order valence-corrected chi connectivity index (χ2v) is 2.79. The Bertz CT molecular complexity index is 411. The van der Waals surface area contributed by atoms with Gasteiger partial charge in [-0.05, 0) is 12.1 Å². The molecule has 1 N–H and O–H groups in total. The Morgan fingerprint density at radius 2 is 1.94 bits per heavy atom. The lowest BCUT2D eigenvalue weighted by molar-refractivity contribution is -0.231. The van der Waals surface area contributed by atoms with Gasteiger partial charge in [0.15, 0.2) is 0 Å². The Labute approximate surface area is 91.8 Å². The van der Waals surface area contributed by atoms with Gasteiger partial charge in [-0.1, -0.05) is 18.2 Å². The second-order valence-electron chi connectivity index (χ2n) is 2.79. The highest BCUT2D eigenvalue weighted by atomic mass is 17.2. The number of benzene rings is 1. The van der Waals surface area contributed by atoms with Crippen LogP contribution in [0.3, 0.4) is 0 Å². The van der Waals surface area contributed by atoms with Gasteiger partial charge in [0.2, 0.25) is 0 Å². The van der Waals surface area contributed by atoms with Crippen molar-refractivity contribution in [1.29, 1.82) is 0 Å². The molecule has 0 saturated carbocycles. The van der Waals surface area contributed by atoms with E-state index in [0.717, 1.165) is 0 Å². The number of carbonyl (C=O) groups excluding carboxylic acids is 1. The first-order valence-electron chi connectivity index (χ1n) is 4.44. The topological polar surface area (TPSA) is 72.8 Å². The van der Waals surface area contributed by atoms with Crippen molar-refractivity contribution in [2.24, 2.45) is 0 Å². The number of rotatable bonds is 5. The van der Waals surface area contributed by atoms with Gasteiger partial charge in [0.05, 0.1) is 11.1 Å². The average Bonchev–Trinajstić information content (AvgIpc) is 2.29. The number of hydrogen-bond donors (Lipinski definition) is 1. The number of carboxylic acid groups (broad SMARTS) is 1. The van der Waals surface area contributed by atoms with Gasteiger partial charge in [-0.25, -0.2) is 9.59 Å². The van der Waals surface area contributed by atoms with Crippen molar-refractivity contribution >= 4 is 11.9 Å². The van der Waals surface area contributed by atoms with Crippen molar-refractivity contribution < 1.29 is 24.5 Å². The zero-order valence-corrected chi connectivity index (χ0v) is 8.38. The molecule has 0 bridgehead atoms. The van der Waals surface area contributed by atoms with Gasteiger partial charge >= 0.3 is 11.9 Å². The van der Waals surface area contributed by atoms with E-state index in [2.05, 4.69) is 16.4 Å². The summed E-state index contributed by atoms with van der Waals surface area (Å²) in [7, 11) is 0. The first-order chi connectivity index (χ1) is 7.66. The molecule has 5 heteroatoms. The highest BCUT2D eigenvalue weighted by Gasteiger charge is 2.17. The maximum Gasteiger partial charge on any atom is 0.373 e. The smallest absolute Gasteiger partial charge is 0.373 e. The Morgan fingerprint density at radius 1 is 1.31 bits per heavy atom. The molecule has 0 aromatic heterocycles. The van der Waals surface area contributed by atoms with Gasteiger partial charge in [-0.15, -0.1) is 6.58 Å². The number of carbonyl (C=O) groups is 2. The van der Waals surface area contributed by atoms with Gasteiger partial charge in [0, 0.05) is 0 Å². The Morgan fingerprint density at radius 3 is 2.50 bits per heavy atom. The van der Waals surface area contributed by atoms with E-state index in [1.165, 1.54) is 30.3 Å². The molecule has 0 saturated heterocycles. The predicted octanol–water partition coefficient (Wildman–Crippen LogP) is 1.66. The fourth-order valence-electron chi connectivity index (χ4n) is 1.03. The van der Waals surface area contributed by atoms with Crippen LogP contribution in [0.25, 0.3) is 0 Å². The van der Waals surface area contributed by atoms with Crippen LogP contribution in [-0.4, -0.2) is 23.7 Å². The highest BCUT2D eigenvalue weighted by molar-refractivity contribution is 6.02. The molecular formula is C11H10O5. The third-order valence-corrected chi connectivity index (χ3v) is 1.70. The Hall–Kier alpha value is -2.14. The van der Waals surface area contributed by atoms with Crippen LogP contribution in [0.15, 0.2) is 36.9 Å². The summed E-state index contributed by atoms with van der Waals surface area (Å²) >= 11 is 0.